The molecule has 1 amide bonds. The Balaban J connectivity index is 2.69. The van der Waals surface area contributed by atoms with Crippen LogP contribution in [0.4, 0.5) is 0 Å². The van der Waals surface area contributed by atoms with Crippen molar-refractivity contribution >= 4 is 5.91 Å². The third-order valence-corrected chi connectivity index (χ3v) is 2.61. The maximum atomic E-state index is 11.8. The summed E-state index contributed by atoms with van der Waals surface area (Å²) in [6.07, 6.45) is 0.182. The van der Waals surface area contributed by atoms with Crippen LogP contribution in [0.15, 0.2) is 18.2 Å². The molecule has 88 valence electrons. The Labute approximate surface area is 96.5 Å². The molecular weight excluding hydrogens is 202 g/mol. The van der Waals surface area contributed by atoms with E-state index in [1.54, 1.807) is 0 Å². The van der Waals surface area contributed by atoms with Gasteiger partial charge in [-0.15, -0.1) is 0 Å². The van der Waals surface area contributed by atoms with Crippen LogP contribution < -0.4 is 5.32 Å². The Bertz CT molecular complexity index is 374. The second kappa shape index (κ2) is 5.66. The van der Waals surface area contributed by atoms with Gasteiger partial charge in [0.2, 0.25) is 0 Å². The Morgan fingerprint density at radius 3 is 2.75 bits per heavy atom. The van der Waals surface area contributed by atoms with Gasteiger partial charge in [0.1, 0.15) is 0 Å². The molecule has 1 rings (SSSR count). The molecule has 0 bridgehead atoms. The lowest BCUT2D eigenvalue weighted by molar-refractivity contribution is 0.0913. The highest BCUT2D eigenvalue weighted by molar-refractivity contribution is 5.95. The molecule has 0 aliphatic carbocycles. The number of carbonyl (C=O) groups is 1. The van der Waals surface area contributed by atoms with E-state index in [-0.39, 0.29) is 5.91 Å². The van der Waals surface area contributed by atoms with Gasteiger partial charge in [-0.3, -0.25) is 4.79 Å². The molecular formula is C13H19NO2. The lowest BCUT2D eigenvalue weighted by Gasteiger charge is -2.11. The molecule has 1 unspecified atom stereocenters. The van der Waals surface area contributed by atoms with Crippen molar-refractivity contribution in [2.75, 3.05) is 6.54 Å². The molecule has 0 radical (unpaired) electrons. The maximum Gasteiger partial charge on any atom is 0.251 e. The van der Waals surface area contributed by atoms with Gasteiger partial charge in [-0.25, -0.2) is 0 Å². The molecule has 16 heavy (non-hydrogen) atoms. The van der Waals surface area contributed by atoms with Crippen LogP contribution in [-0.2, 0) is 0 Å². The van der Waals surface area contributed by atoms with Crippen molar-refractivity contribution in [2.45, 2.75) is 33.3 Å². The van der Waals surface area contributed by atoms with E-state index in [2.05, 4.69) is 5.32 Å². The van der Waals surface area contributed by atoms with Gasteiger partial charge in [-0.05, 0) is 31.9 Å². The van der Waals surface area contributed by atoms with E-state index >= 15 is 0 Å². The fourth-order valence-electron chi connectivity index (χ4n) is 1.43. The third kappa shape index (κ3) is 3.35. The van der Waals surface area contributed by atoms with Gasteiger partial charge in [-0.2, -0.15) is 0 Å². The Kier molecular flexibility index (Phi) is 4.50. The summed E-state index contributed by atoms with van der Waals surface area (Å²) in [6, 6.07) is 5.77. The molecule has 0 aliphatic rings. The lowest BCUT2D eigenvalue weighted by Crippen LogP contribution is -2.32. The van der Waals surface area contributed by atoms with Gasteiger partial charge in [-0.1, -0.05) is 24.6 Å². The number of benzene rings is 1. The molecule has 2 N–H and O–H groups in total. The summed E-state index contributed by atoms with van der Waals surface area (Å²) in [5.41, 5.74) is 2.70. The van der Waals surface area contributed by atoms with E-state index < -0.39 is 6.10 Å². The number of carbonyl (C=O) groups excluding carboxylic acids is 1. The van der Waals surface area contributed by atoms with Gasteiger partial charge in [0.05, 0.1) is 6.10 Å². The molecule has 0 heterocycles. The second-order valence-electron chi connectivity index (χ2n) is 4.09. The van der Waals surface area contributed by atoms with Crippen molar-refractivity contribution in [1.82, 2.24) is 5.32 Å². The first kappa shape index (κ1) is 12.7. The Hall–Kier alpha value is -1.35. The minimum Gasteiger partial charge on any atom is -0.391 e. The molecule has 0 aromatic heterocycles. The van der Waals surface area contributed by atoms with Crippen molar-refractivity contribution in [3.63, 3.8) is 0 Å². The maximum absolute atomic E-state index is 11.8. The summed E-state index contributed by atoms with van der Waals surface area (Å²) < 4.78 is 0. The fraction of sp³-hybridized carbons (Fsp3) is 0.462. The first-order valence-electron chi connectivity index (χ1n) is 5.58. The highest BCUT2D eigenvalue weighted by atomic mass is 16.3. The average molecular weight is 221 g/mol. The van der Waals surface area contributed by atoms with E-state index in [0.717, 1.165) is 11.1 Å². The molecule has 3 heteroatoms. The zero-order valence-electron chi connectivity index (χ0n) is 10.1. The van der Waals surface area contributed by atoms with Crippen molar-refractivity contribution in [2.24, 2.45) is 0 Å². The molecule has 1 atom stereocenters. The number of aryl methyl sites for hydroxylation is 2. The van der Waals surface area contributed by atoms with Gasteiger partial charge < -0.3 is 10.4 Å². The second-order valence-corrected chi connectivity index (χ2v) is 4.09. The monoisotopic (exact) mass is 221 g/mol. The topological polar surface area (TPSA) is 49.3 Å². The molecule has 0 aliphatic heterocycles. The van der Waals surface area contributed by atoms with E-state index in [1.165, 1.54) is 0 Å². The van der Waals surface area contributed by atoms with E-state index in [1.807, 2.05) is 39.0 Å². The van der Waals surface area contributed by atoms with Gasteiger partial charge in [0.15, 0.2) is 0 Å². The minimum atomic E-state index is -0.464. The SMILES string of the molecule is CCC(O)CNC(=O)c1cc(C)ccc1C. The zero-order chi connectivity index (χ0) is 12.1. The lowest BCUT2D eigenvalue weighted by atomic mass is 10.1. The summed E-state index contributed by atoms with van der Waals surface area (Å²) in [7, 11) is 0. The summed E-state index contributed by atoms with van der Waals surface area (Å²) in [6.45, 7) is 6.05. The summed E-state index contributed by atoms with van der Waals surface area (Å²) in [5, 5.41) is 12.1. The highest BCUT2D eigenvalue weighted by Crippen LogP contribution is 2.10. The van der Waals surface area contributed by atoms with E-state index in [4.69, 9.17) is 0 Å². The van der Waals surface area contributed by atoms with Gasteiger partial charge in [0.25, 0.3) is 5.91 Å². The van der Waals surface area contributed by atoms with Crippen LogP contribution in [-0.4, -0.2) is 23.7 Å². The number of hydrogen-bond donors (Lipinski definition) is 2. The van der Waals surface area contributed by atoms with Gasteiger partial charge >= 0.3 is 0 Å². The van der Waals surface area contributed by atoms with E-state index in [9.17, 15) is 9.90 Å². The fourth-order valence-corrected chi connectivity index (χ4v) is 1.43. The van der Waals surface area contributed by atoms with Crippen LogP contribution >= 0.6 is 0 Å². The largest absolute Gasteiger partial charge is 0.391 e. The van der Waals surface area contributed by atoms with Crippen molar-refractivity contribution in [3.05, 3.63) is 34.9 Å². The molecule has 1 aromatic rings. The van der Waals surface area contributed by atoms with Crippen LogP contribution in [0.3, 0.4) is 0 Å². The highest BCUT2D eigenvalue weighted by Gasteiger charge is 2.10. The Morgan fingerprint density at radius 1 is 1.44 bits per heavy atom. The van der Waals surface area contributed by atoms with Crippen LogP contribution in [0, 0.1) is 13.8 Å². The van der Waals surface area contributed by atoms with Crippen molar-refractivity contribution < 1.29 is 9.90 Å². The van der Waals surface area contributed by atoms with Crippen LogP contribution in [0.25, 0.3) is 0 Å². The van der Waals surface area contributed by atoms with Crippen LogP contribution in [0.2, 0.25) is 0 Å². The summed E-state index contributed by atoms with van der Waals surface area (Å²) in [5.74, 6) is -0.117. The number of nitrogens with one attached hydrogen (secondary N) is 1. The quantitative estimate of drug-likeness (QED) is 0.814. The predicted molar refractivity (Wildman–Crippen MR) is 64.5 cm³/mol. The molecule has 1 aromatic carbocycles. The van der Waals surface area contributed by atoms with Crippen LogP contribution in [0.1, 0.15) is 34.8 Å². The normalized spacial score (nSPS) is 12.2. The minimum absolute atomic E-state index is 0.117. The summed E-state index contributed by atoms with van der Waals surface area (Å²) >= 11 is 0. The predicted octanol–water partition coefficient (Wildman–Crippen LogP) is 1.80. The number of rotatable bonds is 4. The van der Waals surface area contributed by atoms with E-state index in [0.29, 0.717) is 18.5 Å². The smallest absolute Gasteiger partial charge is 0.251 e. The van der Waals surface area contributed by atoms with Gasteiger partial charge in [0, 0.05) is 12.1 Å². The number of aliphatic hydroxyl groups is 1. The Morgan fingerprint density at radius 2 is 2.12 bits per heavy atom. The number of aliphatic hydroxyl groups excluding tert-OH is 1. The number of hydrogen-bond acceptors (Lipinski definition) is 2. The number of amides is 1. The zero-order valence-corrected chi connectivity index (χ0v) is 10.1. The third-order valence-electron chi connectivity index (χ3n) is 2.61. The van der Waals surface area contributed by atoms with Crippen molar-refractivity contribution in [3.8, 4) is 0 Å². The molecule has 0 saturated heterocycles. The first-order chi connectivity index (χ1) is 7.54. The molecule has 0 fully saturated rings. The summed E-state index contributed by atoms with van der Waals surface area (Å²) in [4.78, 5) is 11.8. The standard InChI is InChI=1S/C13H19NO2/c1-4-11(15)8-14-13(16)12-7-9(2)5-6-10(12)3/h5-7,11,15H,4,8H2,1-3H3,(H,14,16). The average Bonchev–Trinajstić information content (AvgIpc) is 2.28. The van der Waals surface area contributed by atoms with Crippen LogP contribution in [0.5, 0.6) is 0 Å². The van der Waals surface area contributed by atoms with Crippen molar-refractivity contribution in [1.29, 1.82) is 0 Å². The first-order valence-corrected chi connectivity index (χ1v) is 5.58. The molecule has 3 nitrogen and oxygen atoms in total. The molecule has 0 spiro atoms. The molecule has 0 saturated carbocycles.